The highest BCUT2D eigenvalue weighted by Crippen LogP contribution is 2.30. The number of aromatic nitrogens is 2. The second-order valence-corrected chi connectivity index (χ2v) is 6.27. The van der Waals surface area contributed by atoms with Crippen LogP contribution in [-0.2, 0) is 7.05 Å². The molecule has 1 aromatic carbocycles. The summed E-state index contributed by atoms with van der Waals surface area (Å²) in [6.07, 6.45) is 4.02. The summed E-state index contributed by atoms with van der Waals surface area (Å²) in [5.74, 6) is 0. The Labute approximate surface area is 138 Å². The molecule has 0 radical (unpaired) electrons. The first kappa shape index (κ1) is 15.4. The van der Waals surface area contributed by atoms with E-state index in [1.807, 2.05) is 6.20 Å². The van der Waals surface area contributed by atoms with Gasteiger partial charge in [0, 0.05) is 18.3 Å². The van der Waals surface area contributed by atoms with Crippen molar-refractivity contribution in [2.75, 3.05) is 0 Å². The van der Waals surface area contributed by atoms with Gasteiger partial charge < -0.3 is 0 Å². The number of nitrogens with zero attached hydrogens (tertiary/aromatic N) is 2. The number of hydrogen-bond donors (Lipinski definition) is 0. The fraction of sp³-hybridized carbons (Fsp3) is 0.238. The van der Waals surface area contributed by atoms with E-state index in [1.54, 1.807) is 0 Å². The van der Waals surface area contributed by atoms with Crippen molar-refractivity contribution in [2.24, 2.45) is 7.05 Å². The third-order valence-corrected chi connectivity index (χ3v) is 4.52. The minimum absolute atomic E-state index is 1.07. The highest BCUT2D eigenvalue weighted by atomic mass is 14.9. The van der Waals surface area contributed by atoms with Crippen molar-refractivity contribution >= 4 is 0 Å². The minimum Gasteiger partial charge on any atom is -0.261 e. The molecule has 0 atom stereocenters. The molecule has 0 fully saturated rings. The van der Waals surface area contributed by atoms with Gasteiger partial charge >= 0.3 is 0 Å². The van der Waals surface area contributed by atoms with Crippen molar-refractivity contribution in [1.29, 1.82) is 0 Å². The smallest absolute Gasteiger partial charge is 0.214 e. The van der Waals surface area contributed by atoms with E-state index < -0.39 is 0 Å². The van der Waals surface area contributed by atoms with E-state index in [-0.39, 0.29) is 0 Å². The van der Waals surface area contributed by atoms with Gasteiger partial charge in [-0.15, -0.1) is 0 Å². The molecule has 2 heterocycles. The third kappa shape index (κ3) is 2.77. The molecule has 0 spiro atoms. The molecule has 0 aliphatic rings. The SMILES string of the molecule is Cc1cccc(C)c1-c1cc[n+](C)c(-c2c(C)ccnc2C)c1. The molecule has 23 heavy (non-hydrogen) atoms. The quantitative estimate of drug-likeness (QED) is 0.638. The van der Waals surface area contributed by atoms with Gasteiger partial charge in [-0.25, -0.2) is 4.57 Å². The molecule has 0 N–H and O–H groups in total. The number of pyridine rings is 2. The van der Waals surface area contributed by atoms with E-state index in [1.165, 1.54) is 39.1 Å². The Morgan fingerprint density at radius 2 is 1.48 bits per heavy atom. The summed E-state index contributed by atoms with van der Waals surface area (Å²) in [7, 11) is 2.09. The van der Waals surface area contributed by atoms with E-state index in [0.717, 1.165) is 5.69 Å². The van der Waals surface area contributed by atoms with E-state index in [9.17, 15) is 0 Å². The molecule has 0 aliphatic heterocycles. The zero-order chi connectivity index (χ0) is 16.6. The Balaban J connectivity index is 2.26. The van der Waals surface area contributed by atoms with Crippen LogP contribution in [0.4, 0.5) is 0 Å². The van der Waals surface area contributed by atoms with Crippen LogP contribution < -0.4 is 4.57 Å². The number of rotatable bonds is 2. The molecule has 0 unspecified atom stereocenters. The van der Waals surface area contributed by atoms with Crippen molar-refractivity contribution < 1.29 is 4.57 Å². The monoisotopic (exact) mass is 303 g/mol. The Hall–Kier alpha value is -2.48. The summed E-state index contributed by atoms with van der Waals surface area (Å²) < 4.78 is 2.17. The summed E-state index contributed by atoms with van der Waals surface area (Å²) in [5, 5.41) is 0. The topological polar surface area (TPSA) is 16.8 Å². The fourth-order valence-electron chi connectivity index (χ4n) is 3.32. The minimum atomic E-state index is 1.07. The number of hydrogen-bond acceptors (Lipinski definition) is 1. The molecule has 0 saturated carbocycles. The molecule has 0 aliphatic carbocycles. The molecule has 0 saturated heterocycles. The van der Waals surface area contributed by atoms with Crippen LogP contribution in [0.2, 0.25) is 0 Å². The molecule has 3 aromatic rings. The predicted octanol–water partition coefficient (Wildman–Crippen LogP) is 4.47. The number of aryl methyl sites for hydroxylation is 5. The first-order valence-corrected chi connectivity index (χ1v) is 7.98. The largest absolute Gasteiger partial charge is 0.261 e. The van der Waals surface area contributed by atoms with Gasteiger partial charge in [-0.2, -0.15) is 0 Å². The maximum atomic E-state index is 4.48. The van der Waals surface area contributed by atoms with Gasteiger partial charge in [0.25, 0.3) is 0 Å². The molecule has 3 rings (SSSR count). The Bertz CT molecular complexity index is 839. The van der Waals surface area contributed by atoms with Crippen LogP contribution in [0.15, 0.2) is 48.8 Å². The highest BCUT2D eigenvalue weighted by Gasteiger charge is 2.18. The van der Waals surface area contributed by atoms with Crippen LogP contribution in [0.25, 0.3) is 22.4 Å². The van der Waals surface area contributed by atoms with Crippen molar-refractivity contribution in [3.05, 3.63) is 71.2 Å². The predicted molar refractivity (Wildman–Crippen MR) is 95.2 cm³/mol. The standard InChI is InChI=1S/C21H23N2/c1-14-7-6-8-15(2)20(14)18-10-12-23(5)19(13-18)21-16(3)9-11-22-17(21)4/h6-13H,1-5H3/q+1. The second kappa shape index (κ2) is 5.96. The maximum Gasteiger partial charge on any atom is 0.214 e. The summed E-state index contributed by atoms with van der Waals surface area (Å²) in [5.41, 5.74) is 9.96. The zero-order valence-corrected chi connectivity index (χ0v) is 14.5. The van der Waals surface area contributed by atoms with Crippen LogP contribution in [0, 0.1) is 27.7 Å². The van der Waals surface area contributed by atoms with Crippen molar-refractivity contribution in [2.45, 2.75) is 27.7 Å². The van der Waals surface area contributed by atoms with Gasteiger partial charge in [-0.05, 0) is 61.6 Å². The average Bonchev–Trinajstić information content (AvgIpc) is 2.49. The van der Waals surface area contributed by atoms with Crippen LogP contribution in [0.1, 0.15) is 22.4 Å². The van der Waals surface area contributed by atoms with Gasteiger partial charge in [0.05, 0.1) is 11.3 Å². The zero-order valence-electron chi connectivity index (χ0n) is 14.5. The lowest BCUT2D eigenvalue weighted by atomic mass is 9.94. The van der Waals surface area contributed by atoms with Crippen LogP contribution in [0.3, 0.4) is 0 Å². The van der Waals surface area contributed by atoms with Crippen LogP contribution in [-0.4, -0.2) is 4.98 Å². The molecule has 2 heteroatoms. The third-order valence-electron chi connectivity index (χ3n) is 4.52. The van der Waals surface area contributed by atoms with Gasteiger partial charge in [-0.3, -0.25) is 4.98 Å². The molecule has 2 aromatic heterocycles. The van der Waals surface area contributed by atoms with Crippen molar-refractivity contribution in [3.8, 4) is 22.4 Å². The second-order valence-electron chi connectivity index (χ2n) is 6.27. The maximum absolute atomic E-state index is 4.48. The van der Waals surface area contributed by atoms with Gasteiger partial charge in [0.15, 0.2) is 6.20 Å². The molecular formula is C21H23N2+. The normalized spacial score (nSPS) is 10.8. The first-order chi connectivity index (χ1) is 11.0. The lowest BCUT2D eigenvalue weighted by Crippen LogP contribution is -2.31. The van der Waals surface area contributed by atoms with Crippen LogP contribution >= 0.6 is 0 Å². The van der Waals surface area contributed by atoms with Crippen molar-refractivity contribution in [3.63, 3.8) is 0 Å². The lowest BCUT2D eigenvalue weighted by Gasteiger charge is -2.12. The van der Waals surface area contributed by atoms with E-state index in [2.05, 4.69) is 86.9 Å². The summed E-state index contributed by atoms with van der Waals surface area (Å²) in [6.45, 7) is 8.58. The lowest BCUT2D eigenvalue weighted by molar-refractivity contribution is -0.660. The first-order valence-electron chi connectivity index (χ1n) is 7.98. The molecule has 0 bridgehead atoms. The van der Waals surface area contributed by atoms with Crippen LogP contribution in [0.5, 0.6) is 0 Å². The Morgan fingerprint density at radius 1 is 0.826 bits per heavy atom. The average molecular weight is 303 g/mol. The number of benzene rings is 1. The Morgan fingerprint density at radius 3 is 2.13 bits per heavy atom. The van der Waals surface area contributed by atoms with E-state index >= 15 is 0 Å². The summed E-state index contributed by atoms with van der Waals surface area (Å²) >= 11 is 0. The van der Waals surface area contributed by atoms with Gasteiger partial charge in [0.1, 0.15) is 7.05 Å². The van der Waals surface area contributed by atoms with Crippen molar-refractivity contribution in [1.82, 2.24) is 4.98 Å². The summed E-state index contributed by atoms with van der Waals surface area (Å²) in [6, 6.07) is 13.0. The fourth-order valence-corrected chi connectivity index (χ4v) is 3.32. The van der Waals surface area contributed by atoms with E-state index in [4.69, 9.17) is 0 Å². The van der Waals surface area contributed by atoms with Gasteiger partial charge in [-0.1, -0.05) is 18.2 Å². The molecule has 116 valence electrons. The Kier molecular flexibility index (Phi) is 3.99. The van der Waals surface area contributed by atoms with E-state index in [0.29, 0.717) is 0 Å². The summed E-state index contributed by atoms with van der Waals surface area (Å²) in [4.78, 5) is 4.48. The molecule has 2 nitrogen and oxygen atoms in total. The van der Waals surface area contributed by atoms with Gasteiger partial charge in [0.2, 0.25) is 5.69 Å². The highest BCUT2D eigenvalue weighted by molar-refractivity contribution is 5.75. The molecular weight excluding hydrogens is 280 g/mol. The molecule has 0 amide bonds.